The molecule has 1 atom stereocenters. The lowest BCUT2D eigenvalue weighted by Crippen LogP contribution is -2.53. The highest BCUT2D eigenvalue weighted by molar-refractivity contribution is 6.33. The number of halogens is 2. The summed E-state index contributed by atoms with van der Waals surface area (Å²) in [7, 11) is 0. The van der Waals surface area contributed by atoms with Gasteiger partial charge in [-0.05, 0) is 66.6 Å². The number of likely N-dealkylation sites (tertiary alicyclic amines) is 1. The predicted molar refractivity (Wildman–Crippen MR) is 148 cm³/mol. The van der Waals surface area contributed by atoms with Gasteiger partial charge in [-0.15, -0.1) is 0 Å². The van der Waals surface area contributed by atoms with E-state index >= 15 is 0 Å². The van der Waals surface area contributed by atoms with Gasteiger partial charge in [0.05, 0.1) is 22.2 Å². The molecule has 5 rings (SSSR count). The van der Waals surface area contributed by atoms with Gasteiger partial charge in [-0.1, -0.05) is 60.1 Å². The van der Waals surface area contributed by atoms with Crippen molar-refractivity contribution in [3.05, 3.63) is 106 Å². The van der Waals surface area contributed by atoms with Gasteiger partial charge in [0.1, 0.15) is 5.82 Å². The molecule has 1 fully saturated rings. The molecule has 2 aliphatic rings. The Kier molecular flexibility index (Phi) is 7.82. The maximum absolute atomic E-state index is 14.0. The zero-order valence-corrected chi connectivity index (χ0v) is 22.4. The van der Waals surface area contributed by atoms with Crippen LogP contribution in [0.1, 0.15) is 59.3 Å². The van der Waals surface area contributed by atoms with Gasteiger partial charge in [-0.25, -0.2) is 4.39 Å². The molecule has 1 saturated heterocycles. The number of carbonyl (C=O) groups excluding carboxylic acids is 2. The lowest BCUT2D eigenvalue weighted by molar-refractivity contribution is -0.121. The number of nitrogens with zero attached hydrogens (tertiary/aromatic N) is 2. The molecule has 7 heteroatoms. The van der Waals surface area contributed by atoms with E-state index in [9.17, 15) is 14.0 Å². The molecule has 3 aromatic carbocycles. The van der Waals surface area contributed by atoms with Crippen LogP contribution in [-0.4, -0.2) is 47.8 Å². The van der Waals surface area contributed by atoms with Crippen LogP contribution in [0.15, 0.2) is 72.8 Å². The van der Waals surface area contributed by atoms with Crippen LogP contribution in [0.25, 0.3) is 0 Å². The van der Waals surface area contributed by atoms with Crippen molar-refractivity contribution in [2.45, 2.75) is 44.2 Å². The van der Waals surface area contributed by atoms with Crippen molar-refractivity contribution >= 4 is 23.4 Å². The Morgan fingerprint density at radius 2 is 1.74 bits per heavy atom. The van der Waals surface area contributed by atoms with Crippen LogP contribution in [0.3, 0.4) is 0 Å². The summed E-state index contributed by atoms with van der Waals surface area (Å²) in [5, 5.41) is 3.60. The van der Waals surface area contributed by atoms with Gasteiger partial charge < -0.3 is 15.1 Å². The smallest absolute Gasteiger partial charge is 0.255 e. The largest absolute Gasteiger partial charge is 0.347 e. The van der Waals surface area contributed by atoms with Crippen LogP contribution in [0.5, 0.6) is 0 Å². The Morgan fingerprint density at radius 3 is 2.47 bits per heavy atom. The van der Waals surface area contributed by atoms with Gasteiger partial charge in [0, 0.05) is 33.1 Å². The summed E-state index contributed by atoms with van der Waals surface area (Å²) in [5.41, 5.74) is 3.25. The average molecular weight is 534 g/mol. The first-order valence-corrected chi connectivity index (χ1v) is 13.6. The zero-order chi connectivity index (χ0) is 26.7. The van der Waals surface area contributed by atoms with Gasteiger partial charge in [-0.3, -0.25) is 9.59 Å². The monoisotopic (exact) mass is 533 g/mol. The van der Waals surface area contributed by atoms with Gasteiger partial charge in [0.15, 0.2) is 0 Å². The molecule has 198 valence electrons. The van der Waals surface area contributed by atoms with Crippen LogP contribution in [0, 0.1) is 5.82 Å². The van der Waals surface area contributed by atoms with E-state index in [4.69, 9.17) is 11.6 Å². The molecule has 2 amide bonds. The molecule has 1 unspecified atom stereocenters. The number of hydrogen-bond donors (Lipinski definition) is 1. The molecule has 3 aromatic rings. The first kappa shape index (κ1) is 26.4. The van der Waals surface area contributed by atoms with Crippen molar-refractivity contribution in [3.8, 4) is 0 Å². The Labute approximate surface area is 228 Å². The summed E-state index contributed by atoms with van der Waals surface area (Å²) in [6.45, 7) is 4.51. The third-order valence-corrected chi connectivity index (χ3v) is 8.33. The molecule has 5 nitrogen and oxygen atoms in total. The lowest BCUT2D eigenvalue weighted by atomic mass is 9.80. The minimum absolute atomic E-state index is 0.0375. The van der Waals surface area contributed by atoms with Crippen molar-refractivity contribution in [2.24, 2.45) is 0 Å². The van der Waals surface area contributed by atoms with E-state index in [0.717, 1.165) is 38.0 Å². The van der Waals surface area contributed by atoms with Gasteiger partial charge >= 0.3 is 0 Å². The number of hydrogen-bond acceptors (Lipinski definition) is 3. The summed E-state index contributed by atoms with van der Waals surface area (Å²) in [6, 6.07) is 22.1. The normalized spacial score (nSPS) is 19.0. The Bertz CT molecular complexity index is 1320. The SMILES string of the molecule is CC(=O)NC1(c2cccc(F)c2)CCN(CCC2c3ccccc3CCN2C(=O)c2ccccc2Cl)CC1. The summed E-state index contributed by atoms with van der Waals surface area (Å²) in [6.07, 6.45) is 3.00. The first-order chi connectivity index (χ1) is 18.4. The maximum atomic E-state index is 14.0. The molecular weight excluding hydrogens is 501 g/mol. The standard InChI is InChI=1S/C31H33ClFN3O2/c1-22(37)34-31(24-8-6-9-25(33)21-24)15-19-35(20-16-31)17-14-29-26-10-3-2-7-23(26)13-18-36(29)30(38)27-11-4-5-12-28(27)32/h2-12,21,29H,13-20H2,1H3,(H,34,37). The Hall–Kier alpha value is -3.22. The number of benzene rings is 3. The molecule has 0 aliphatic carbocycles. The second-order valence-corrected chi connectivity index (χ2v) is 10.8. The second kappa shape index (κ2) is 11.3. The first-order valence-electron chi connectivity index (χ1n) is 13.3. The van der Waals surface area contributed by atoms with Crippen LogP contribution < -0.4 is 5.32 Å². The number of fused-ring (bicyclic) bond motifs is 1. The number of carbonyl (C=O) groups is 2. The number of piperidine rings is 1. The molecule has 38 heavy (non-hydrogen) atoms. The topological polar surface area (TPSA) is 52.7 Å². The van der Waals surface area contributed by atoms with E-state index in [0.29, 0.717) is 30.0 Å². The highest BCUT2D eigenvalue weighted by Crippen LogP contribution is 2.37. The van der Waals surface area contributed by atoms with E-state index in [1.54, 1.807) is 18.2 Å². The summed E-state index contributed by atoms with van der Waals surface area (Å²) < 4.78 is 14.0. The van der Waals surface area contributed by atoms with Crippen molar-refractivity contribution in [2.75, 3.05) is 26.2 Å². The Morgan fingerprint density at radius 1 is 1.00 bits per heavy atom. The lowest BCUT2D eigenvalue weighted by Gasteiger charge is -2.44. The van der Waals surface area contributed by atoms with Crippen LogP contribution in [-0.2, 0) is 16.8 Å². The minimum Gasteiger partial charge on any atom is -0.347 e. The van der Waals surface area contributed by atoms with E-state index in [-0.39, 0.29) is 23.7 Å². The minimum atomic E-state index is -0.575. The fourth-order valence-corrected chi connectivity index (χ4v) is 6.28. The van der Waals surface area contributed by atoms with E-state index < -0.39 is 5.54 Å². The summed E-state index contributed by atoms with van der Waals surface area (Å²) in [4.78, 5) is 30.1. The van der Waals surface area contributed by atoms with Crippen molar-refractivity contribution in [3.63, 3.8) is 0 Å². The van der Waals surface area contributed by atoms with Crippen molar-refractivity contribution < 1.29 is 14.0 Å². The second-order valence-electron chi connectivity index (χ2n) is 10.3. The molecule has 0 saturated carbocycles. The number of amides is 2. The third kappa shape index (κ3) is 5.47. The molecule has 0 spiro atoms. The molecule has 0 aromatic heterocycles. The molecular formula is C31H33ClFN3O2. The van der Waals surface area contributed by atoms with Crippen molar-refractivity contribution in [1.29, 1.82) is 0 Å². The molecule has 2 heterocycles. The molecule has 0 bridgehead atoms. The third-order valence-electron chi connectivity index (χ3n) is 8.00. The van der Waals surface area contributed by atoms with Gasteiger partial charge in [-0.2, -0.15) is 0 Å². The number of rotatable bonds is 6. The van der Waals surface area contributed by atoms with Crippen LogP contribution >= 0.6 is 11.6 Å². The van der Waals surface area contributed by atoms with Crippen LogP contribution in [0.2, 0.25) is 5.02 Å². The van der Waals surface area contributed by atoms with E-state index in [1.807, 2.05) is 29.2 Å². The van der Waals surface area contributed by atoms with E-state index in [1.165, 1.54) is 30.2 Å². The average Bonchev–Trinajstić information content (AvgIpc) is 2.92. The molecule has 2 aliphatic heterocycles. The van der Waals surface area contributed by atoms with Gasteiger partial charge in [0.25, 0.3) is 5.91 Å². The van der Waals surface area contributed by atoms with E-state index in [2.05, 4.69) is 28.4 Å². The maximum Gasteiger partial charge on any atom is 0.255 e. The fourth-order valence-electron chi connectivity index (χ4n) is 6.07. The summed E-state index contributed by atoms with van der Waals surface area (Å²) >= 11 is 6.40. The molecule has 0 radical (unpaired) electrons. The summed E-state index contributed by atoms with van der Waals surface area (Å²) in [5.74, 6) is -0.450. The molecule has 1 N–H and O–H groups in total. The predicted octanol–water partition coefficient (Wildman–Crippen LogP) is 5.74. The van der Waals surface area contributed by atoms with Crippen molar-refractivity contribution in [1.82, 2.24) is 15.1 Å². The fraction of sp³-hybridized carbons (Fsp3) is 0.355. The zero-order valence-electron chi connectivity index (χ0n) is 21.6. The van der Waals surface area contributed by atoms with Gasteiger partial charge in [0.2, 0.25) is 5.91 Å². The quantitative estimate of drug-likeness (QED) is 0.440. The number of nitrogens with one attached hydrogen (secondary N) is 1. The van der Waals surface area contributed by atoms with Crippen LogP contribution in [0.4, 0.5) is 4.39 Å². The Balaban J connectivity index is 1.32. The highest BCUT2D eigenvalue weighted by atomic mass is 35.5. The highest BCUT2D eigenvalue weighted by Gasteiger charge is 2.38.